The van der Waals surface area contributed by atoms with E-state index in [1.807, 2.05) is 18.2 Å². The van der Waals surface area contributed by atoms with Crippen molar-refractivity contribution in [3.63, 3.8) is 0 Å². The molecule has 2 atom stereocenters. The van der Waals surface area contributed by atoms with Crippen LogP contribution in [0.3, 0.4) is 0 Å². The van der Waals surface area contributed by atoms with E-state index in [1.54, 1.807) is 7.11 Å². The van der Waals surface area contributed by atoms with Crippen LogP contribution >= 0.6 is 0 Å². The van der Waals surface area contributed by atoms with Crippen LogP contribution in [0.25, 0.3) is 23.1 Å². The number of nitrogens with one attached hydrogen (secondary N) is 1. The molecule has 0 radical (unpaired) electrons. The van der Waals surface area contributed by atoms with Crippen molar-refractivity contribution in [3.05, 3.63) is 94.7 Å². The number of benzene rings is 3. The molecule has 3 aromatic carbocycles. The normalized spacial score (nSPS) is 22.8. The molecule has 3 heterocycles. The summed E-state index contributed by atoms with van der Waals surface area (Å²) in [5.41, 5.74) is 6.93. The quantitative estimate of drug-likeness (QED) is 0.374. The number of anilines is 1. The minimum atomic E-state index is -0.530. The van der Waals surface area contributed by atoms with Crippen molar-refractivity contribution in [1.29, 1.82) is 0 Å². The summed E-state index contributed by atoms with van der Waals surface area (Å²) in [4.78, 5) is 21.3. The topological polar surface area (TPSA) is 70.7 Å². The van der Waals surface area contributed by atoms with E-state index in [1.165, 1.54) is 10.6 Å². The summed E-state index contributed by atoms with van der Waals surface area (Å²) in [6.45, 7) is 4.82. The van der Waals surface area contributed by atoms with Crippen LogP contribution < -0.4 is 5.06 Å². The number of aromatic nitrogens is 2. The van der Waals surface area contributed by atoms with Crippen LogP contribution in [-0.2, 0) is 26.2 Å². The fourth-order valence-electron chi connectivity index (χ4n) is 6.30. The average Bonchev–Trinajstić information content (AvgIpc) is 3.54. The fraction of sp³-hybridized carbons (Fsp3) is 0.312. The van der Waals surface area contributed by atoms with Gasteiger partial charge in [0.2, 0.25) is 0 Å². The molecule has 3 aliphatic rings. The molecule has 7 heteroatoms. The zero-order valence-corrected chi connectivity index (χ0v) is 22.1. The average molecular weight is 521 g/mol. The molecule has 1 aromatic heterocycles. The van der Waals surface area contributed by atoms with Crippen LogP contribution in [0, 0.1) is 0 Å². The number of para-hydroxylation sites is 1. The molecule has 7 rings (SSSR count). The number of carbonyl (C=O) groups excluding carboxylic acids is 1. The zero-order chi connectivity index (χ0) is 26.4. The molecule has 1 spiro atoms. The number of rotatable bonds is 7. The van der Waals surface area contributed by atoms with Gasteiger partial charge in [0.15, 0.2) is 0 Å². The van der Waals surface area contributed by atoms with Crippen LogP contribution in [0.4, 0.5) is 5.69 Å². The molecule has 1 amide bonds. The third-order valence-electron chi connectivity index (χ3n) is 8.57. The summed E-state index contributed by atoms with van der Waals surface area (Å²) < 4.78 is 5.44. The minimum absolute atomic E-state index is 0.0247. The van der Waals surface area contributed by atoms with Gasteiger partial charge in [-0.3, -0.25) is 19.6 Å². The van der Waals surface area contributed by atoms with Gasteiger partial charge in [0.25, 0.3) is 5.91 Å². The molecular formula is C32H32N4O3. The highest BCUT2D eigenvalue weighted by Crippen LogP contribution is 2.66. The predicted molar refractivity (Wildman–Crippen MR) is 152 cm³/mol. The molecule has 2 unspecified atom stereocenters. The second-order valence-electron chi connectivity index (χ2n) is 10.7. The number of morpholine rings is 1. The zero-order valence-electron chi connectivity index (χ0n) is 22.1. The minimum Gasteiger partial charge on any atom is -0.379 e. The van der Waals surface area contributed by atoms with Gasteiger partial charge >= 0.3 is 0 Å². The van der Waals surface area contributed by atoms with Crippen molar-refractivity contribution in [3.8, 4) is 0 Å². The van der Waals surface area contributed by atoms with E-state index in [-0.39, 0.29) is 11.8 Å². The summed E-state index contributed by atoms with van der Waals surface area (Å²) in [7, 11) is 1.55. The van der Waals surface area contributed by atoms with Crippen molar-refractivity contribution >= 4 is 34.6 Å². The highest BCUT2D eigenvalue weighted by Gasteiger charge is 2.67. The van der Waals surface area contributed by atoms with Gasteiger partial charge in [-0.05, 0) is 53.3 Å². The van der Waals surface area contributed by atoms with E-state index in [0.717, 1.165) is 84.7 Å². The Kier molecular flexibility index (Phi) is 6.07. The van der Waals surface area contributed by atoms with Gasteiger partial charge in [-0.15, -0.1) is 0 Å². The number of hydroxylamine groups is 1. The van der Waals surface area contributed by atoms with Crippen LogP contribution in [0.2, 0.25) is 0 Å². The molecule has 1 N–H and O–H groups in total. The number of carbonyl (C=O) groups is 1. The Morgan fingerprint density at radius 2 is 1.90 bits per heavy atom. The lowest BCUT2D eigenvalue weighted by Gasteiger charge is -2.26. The molecule has 7 nitrogen and oxygen atoms in total. The standard InChI is InChI=1S/C32H32N4O3/c1-38-36-30-5-3-2-4-26(30)32(31(36)37)21-27(32)24-11-12-25-28(33-34-29(25)20-24)13-10-22-6-8-23(9-7-22)14-15-35-16-18-39-19-17-35/h2-13,20,27H,14-19,21H2,1H3,(H,33,34). The van der Waals surface area contributed by atoms with Gasteiger partial charge in [0.1, 0.15) is 0 Å². The molecule has 1 saturated heterocycles. The molecule has 198 valence electrons. The molecule has 2 aliphatic heterocycles. The van der Waals surface area contributed by atoms with Gasteiger partial charge in [0, 0.05) is 30.9 Å². The number of fused-ring (bicyclic) bond motifs is 3. The van der Waals surface area contributed by atoms with Gasteiger partial charge in [-0.25, -0.2) is 0 Å². The van der Waals surface area contributed by atoms with Gasteiger partial charge < -0.3 is 4.74 Å². The van der Waals surface area contributed by atoms with Crippen molar-refractivity contribution < 1.29 is 14.4 Å². The Morgan fingerprint density at radius 3 is 2.72 bits per heavy atom. The number of nitrogens with zero attached hydrogens (tertiary/aromatic N) is 3. The smallest absolute Gasteiger partial charge is 0.262 e. The lowest BCUT2D eigenvalue weighted by atomic mass is 9.92. The van der Waals surface area contributed by atoms with E-state index in [0.29, 0.717) is 0 Å². The molecule has 2 fully saturated rings. The highest BCUT2D eigenvalue weighted by molar-refractivity contribution is 6.10. The molecule has 4 aromatic rings. The van der Waals surface area contributed by atoms with E-state index >= 15 is 0 Å². The van der Waals surface area contributed by atoms with E-state index in [4.69, 9.17) is 9.57 Å². The second-order valence-corrected chi connectivity index (χ2v) is 10.7. The summed E-state index contributed by atoms with van der Waals surface area (Å²) >= 11 is 0. The summed E-state index contributed by atoms with van der Waals surface area (Å²) in [6, 6.07) is 23.1. The van der Waals surface area contributed by atoms with E-state index in [9.17, 15) is 4.79 Å². The second kappa shape index (κ2) is 9.75. The number of hydrogen-bond donors (Lipinski definition) is 1. The lowest BCUT2D eigenvalue weighted by Crippen LogP contribution is -2.37. The molecular weight excluding hydrogens is 488 g/mol. The lowest BCUT2D eigenvalue weighted by molar-refractivity contribution is -0.126. The van der Waals surface area contributed by atoms with Crippen LogP contribution in [0.5, 0.6) is 0 Å². The Hall–Kier alpha value is -3.78. The number of amides is 1. The fourth-order valence-corrected chi connectivity index (χ4v) is 6.30. The van der Waals surface area contributed by atoms with Gasteiger partial charge in [-0.2, -0.15) is 10.2 Å². The van der Waals surface area contributed by atoms with Crippen molar-refractivity contribution in [2.75, 3.05) is 45.0 Å². The number of hydrogen-bond acceptors (Lipinski definition) is 5. The maximum Gasteiger partial charge on any atom is 0.262 e. The van der Waals surface area contributed by atoms with Crippen LogP contribution in [0.1, 0.15) is 40.3 Å². The number of ether oxygens (including phenoxy) is 1. The summed E-state index contributed by atoms with van der Waals surface area (Å²) in [5, 5.41) is 10.3. The number of aromatic amines is 1. The maximum atomic E-state index is 13.3. The van der Waals surface area contributed by atoms with Crippen LogP contribution in [0.15, 0.2) is 66.7 Å². The van der Waals surface area contributed by atoms with Gasteiger partial charge in [-0.1, -0.05) is 60.7 Å². The van der Waals surface area contributed by atoms with E-state index < -0.39 is 5.41 Å². The first kappa shape index (κ1) is 24.3. The Balaban J connectivity index is 1.05. The maximum absolute atomic E-state index is 13.3. The van der Waals surface area contributed by atoms with Crippen molar-refractivity contribution in [1.82, 2.24) is 15.1 Å². The number of H-pyrrole nitrogens is 1. The predicted octanol–water partition coefficient (Wildman–Crippen LogP) is 4.94. The van der Waals surface area contributed by atoms with Crippen molar-refractivity contribution in [2.24, 2.45) is 0 Å². The summed E-state index contributed by atoms with van der Waals surface area (Å²) in [5.74, 6) is 0.149. The third kappa shape index (κ3) is 4.18. The molecule has 1 saturated carbocycles. The molecule has 1 aliphatic carbocycles. The molecule has 39 heavy (non-hydrogen) atoms. The van der Waals surface area contributed by atoms with Gasteiger partial charge in [0.05, 0.1) is 42.6 Å². The Bertz CT molecular complexity index is 1550. The molecule has 0 bridgehead atoms. The van der Waals surface area contributed by atoms with Crippen LogP contribution in [-0.4, -0.2) is 61.0 Å². The monoisotopic (exact) mass is 520 g/mol. The Morgan fingerprint density at radius 1 is 1.08 bits per heavy atom. The third-order valence-corrected chi connectivity index (χ3v) is 8.57. The SMILES string of the molecule is CON1C(=O)C2(CC2c2ccc3c(C=Cc4ccc(CCN5CCOCC5)cc4)n[nH]c3c2)c2ccccc21. The first-order valence-corrected chi connectivity index (χ1v) is 13.7. The largest absolute Gasteiger partial charge is 0.379 e. The summed E-state index contributed by atoms with van der Waals surface area (Å²) in [6.07, 6.45) is 6.02. The first-order chi connectivity index (χ1) is 19.2. The Labute approximate surface area is 228 Å². The highest BCUT2D eigenvalue weighted by atomic mass is 16.7. The first-order valence-electron chi connectivity index (χ1n) is 13.7. The van der Waals surface area contributed by atoms with Crippen molar-refractivity contribution in [2.45, 2.75) is 24.2 Å². The van der Waals surface area contributed by atoms with E-state index in [2.05, 4.69) is 75.8 Å².